The Morgan fingerprint density at radius 2 is 1.93 bits per heavy atom. The van der Waals surface area contributed by atoms with Gasteiger partial charge in [-0.3, -0.25) is 4.79 Å². The van der Waals surface area contributed by atoms with Crippen LogP contribution in [-0.4, -0.2) is 26.3 Å². The second-order valence-corrected chi connectivity index (χ2v) is 3.69. The average Bonchev–Trinajstić information content (AvgIpc) is 2.60. The average molecular weight is 206 g/mol. The van der Waals surface area contributed by atoms with Crippen LogP contribution in [0.2, 0.25) is 0 Å². The fourth-order valence-electron chi connectivity index (χ4n) is 1.84. The monoisotopic (exact) mass is 206 g/mol. The fourth-order valence-corrected chi connectivity index (χ4v) is 1.84. The minimum atomic E-state index is 0.234. The Kier molecular flexibility index (Phi) is 1.89. The third kappa shape index (κ3) is 1.29. The van der Waals surface area contributed by atoms with Crippen LogP contribution in [0.15, 0.2) is 12.1 Å². The molecule has 0 aliphatic carbocycles. The lowest BCUT2D eigenvalue weighted by Crippen LogP contribution is -2.26. The predicted octanol–water partition coefficient (Wildman–Crippen LogP) is 1.34. The van der Waals surface area contributed by atoms with Gasteiger partial charge in [0.2, 0.25) is 6.79 Å². The summed E-state index contributed by atoms with van der Waals surface area (Å²) in [6, 6.07) is 3.63. The van der Waals surface area contributed by atoms with E-state index in [1.165, 1.54) is 0 Å². The summed E-state index contributed by atoms with van der Waals surface area (Å²) in [6.07, 6.45) is 0.857. The van der Waals surface area contributed by atoms with E-state index in [1.54, 1.807) is 6.07 Å². The van der Waals surface area contributed by atoms with Gasteiger partial charge in [-0.1, -0.05) is 0 Å². The minimum absolute atomic E-state index is 0.234. The smallest absolute Gasteiger partial charge is 0.231 e. The standard InChI is InChI=1S/C11H10O4/c12-3-7-1-10-11(15-6-14-10)2-9(7)8-4-13-5-8/h1-3,8H,4-6H2. The molecule has 3 rings (SSSR count). The molecule has 1 fully saturated rings. The van der Waals surface area contributed by atoms with Crippen molar-refractivity contribution >= 4 is 6.29 Å². The van der Waals surface area contributed by atoms with Crippen molar-refractivity contribution in [3.8, 4) is 11.5 Å². The van der Waals surface area contributed by atoms with Gasteiger partial charge in [-0.25, -0.2) is 0 Å². The number of benzene rings is 1. The maximum atomic E-state index is 10.9. The molecule has 4 heteroatoms. The van der Waals surface area contributed by atoms with Gasteiger partial charge in [0, 0.05) is 11.5 Å². The van der Waals surface area contributed by atoms with Crippen LogP contribution in [0, 0.1) is 0 Å². The van der Waals surface area contributed by atoms with Gasteiger partial charge in [0.05, 0.1) is 13.2 Å². The summed E-state index contributed by atoms with van der Waals surface area (Å²) < 4.78 is 15.6. The van der Waals surface area contributed by atoms with E-state index in [0.717, 1.165) is 17.6 Å². The van der Waals surface area contributed by atoms with Crippen molar-refractivity contribution in [2.75, 3.05) is 20.0 Å². The minimum Gasteiger partial charge on any atom is -0.454 e. The van der Waals surface area contributed by atoms with Gasteiger partial charge >= 0.3 is 0 Å². The zero-order chi connectivity index (χ0) is 10.3. The van der Waals surface area contributed by atoms with Crippen LogP contribution in [-0.2, 0) is 4.74 Å². The molecule has 0 unspecified atom stereocenters. The topological polar surface area (TPSA) is 44.8 Å². The number of carbonyl (C=O) groups is 1. The largest absolute Gasteiger partial charge is 0.454 e. The van der Waals surface area contributed by atoms with Crippen LogP contribution in [0.25, 0.3) is 0 Å². The maximum Gasteiger partial charge on any atom is 0.231 e. The highest BCUT2D eigenvalue weighted by molar-refractivity contribution is 5.80. The van der Waals surface area contributed by atoms with Crippen LogP contribution in [0.4, 0.5) is 0 Å². The van der Waals surface area contributed by atoms with E-state index >= 15 is 0 Å². The zero-order valence-electron chi connectivity index (χ0n) is 8.06. The Labute approximate surface area is 86.7 Å². The second-order valence-electron chi connectivity index (χ2n) is 3.69. The summed E-state index contributed by atoms with van der Waals surface area (Å²) in [6.45, 7) is 1.60. The van der Waals surface area contributed by atoms with Gasteiger partial charge in [-0.15, -0.1) is 0 Å². The first-order chi connectivity index (χ1) is 7.38. The lowest BCUT2D eigenvalue weighted by molar-refractivity contribution is 0.00817. The van der Waals surface area contributed by atoms with Crippen molar-refractivity contribution in [3.63, 3.8) is 0 Å². The molecule has 0 aromatic heterocycles. The van der Waals surface area contributed by atoms with Gasteiger partial charge in [-0.2, -0.15) is 0 Å². The lowest BCUT2D eigenvalue weighted by Gasteiger charge is -2.27. The maximum absolute atomic E-state index is 10.9. The number of hydrogen-bond donors (Lipinski definition) is 0. The molecule has 0 spiro atoms. The Morgan fingerprint density at radius 3 is 2.53 bits per heavy atom. The molecule has 1 aromatic carbocycles. The molecule has 15 heavy (non-hydrogen) atoms. The lowest BCUT2D eigenvalue weighted by atomic mass is 9.93. The van der Waals surface area contributed by atoms with Crippen molar-refractivity contribution in [2.24, 2.45) is 0 Å². The third-order valence-electron chi connectivity index (χ3n) is 2.78. The molecule has 4 nitrogen and oxygen atoms in total. The van der Waals surface area contributed by atoms with E-state index in [2.05, 4.69) is 0 Å². The first-order valence-electron chi connectivity index (χ1n) is 4.85. The molecule has 1 saturated heterocycles. The molecule has 2 aliphatic rings. The van der Waals surface area contributed by atoms with Crippen molar-refractivity contribution in [3.05, 3.63) is 23.3 Å². The Morgan fingerprint density at radius 1 is 1.20 bits per heavy atom. The SMILES string of the molecule is O=Cc1cc2c(cc1C1COC1)OCO2. The zero-order valence-corrected chi connectivity index (χ0v) is 8.06. The van der Waals surface area contributed by atoms with Gasteiger partial charge in [0.25, 0.3) is 0 Å². The molecule has 0 radical (unpaired) electrons. The van der Waals surface area contributed by atoms with Crippen LogP contribution >= 0.6 is 0 Å². The summed E-state index contributed by atoms with van der Waals surface area (Å²) in [4.78, 5) is 10.9. The summed E-state index contributed by atoms with van der Waals surface area (Å²) in [5, 5.41) is 0. The van der Waals surface area contributed by atoms with E-state index in [-0.39, 0.29) is 6.79 Å². The molecule has 0 bridgehead atoms. The van der Waals surface area contributed by atoms with E-state index in [1.807, 2.05) is 6.07 Å². The number of rotatable bonds is 2. The number of aldehydes is 1. The van der Waals surface area contributed by atoms with Gasteiger partial charge < -0.3 is 14.2 Å². The quantitative estimate of drug-likeness (QED) is 0.685. The predicted molar refractivity (Wildman–Crippen MR) is 51.5 cm³/mol. The Balaban J connectivity index is 2.07. The van der Waals surface area contributed by atoms with Crippen LogP contribution < -0.4 is 9.47 Å². The molecule has 78 valence electrons. The first kappa shape index (κ1) is 8.73. The third-order valence-corrected chi connectivity index (χ3v) is 2.78. The van der Waals surface area contributed by atoms with Gasteiger partial charge in [-0.05, 0) is 17.7 Å². The molecule has 0 amide bonds. The highest BCUT2D eigenvalue weighted by Crippen LogP contribution is 2.38. The van der Waals surface area contributed by atoms with Crippen molar-refractivity contribution in [1.29, 1.82) is 0 Å². The molecule has 0 N–H and O–H groups in total. The second kappa shape index (κ2) is 3.24. The molecule has 0 atom stereocenters. The van der Waals surface area contributed by atoms with E-state index in [0.29, 0.717) is 30.4 Å². The van der Waals surface area contributed by atoms with Crippen molar-refractivity contribution < 1.29 is 19.0 Å². The number of fused-ring (bicyclic) bond motifs is 1. The van der Waals surface area contributed by atoms with Gasteiger partial charge in [0.1, 0.15) is 6.29 Å². The highest BCUT2D eigenvalue weighted by atomic mass is 16.7. The molecular weight excluding hydrogens is 196 g/mol. The summed E-state index contributed by atoms with van der Waals surface area (Å²) in [5.74, 6) is 1.70. The van der Waals surface area contributed by atoms with Crippen LogP contribution in [0.3, 0.4) is 0 Å². The molecule has 2 heterocycles. The molecular formula is C11H10O4. The van der Waals surface area contributed by atoms with Crippen LogP contribution in [0.1, 0.15) is 21.8 Å². The number of carbonyl (C=O) groups excluding carboxylic acids is 1. The van der Waals surface area contributed by atoms with E-state index < -0.39 is 0 Å². The Hall–Kier alpha value is -1.55. The van der Waals surface area contributed by atoms with Crippen LogP contribution in [0.5, 0.6) is 11.5 Å². The molecule has 2 aliphatic heterocycles. The normalized spacial score (nSPS) is 18.7. The van der Waals surface area contributed by atoms with E-state index in [9.17, 15) is 4.79 Å². The molecule has 0 saturated carbocycles. The summed E-state index contributed by atoms with van der Waals surface area (Å²) >= 11 is 0. The summed E-state index contributed by atoms with van der Waals surface area (Å²) in [5.41, 5.74) is 1.67. The van der Waals surface area contributed by atoms with Crippen molar-refractivity contribution in [2.45, 2.75) is 5.92 Å². The van der Waals surface area contributed by atoms with Gasteiger partial charge in [0.15, 0.2) is 11.5 Å². The number of ether oxygens (including phenoxy) is 3. The summed E-state index contributed by atoms with van der Waals surface area (Å²) in [7, 11) is 0. The first-order valence-corrected chi connectivity index (χ1v) is 4.85. The number of hydrogen-bond acceptors (Lipinski definition) is 4. The molecule has 1 aromatic rings. The fraction of sp³-hybridized carbons (Fsp3) is 0.364. The Bertz CT molecular complexity index is 409. The van der Waals surface area contributed by atoms with E-state index in [4.69, 9.17) is 14.2 Å². The highest BCUT2D eigenvalue weighted by Gasteiger charge is 2.26. The van der Waals surface area contributed by atoms with Crippen molar-refractivity contribution in [1.82, 2.24) is 0 Å².